The second kappa shape index (κ2) is 23.7. The molecule has 2 aromatic heterocycles. The van der Waals surface area contributed by atoms with Gasteiger partial charge in [-0.25, -0.2) is 9.97 Å². The van der Waals surface area contributed by atoms with Crippen LogP contribution in [0.5, 0.6) is 5.75 Å². The molecule has 0 radical (unpaired) electrons. The van der Waals surface area contributed by atoms with Gasteiger partial charge in [0.15, 0.2) is 5.82 Å². The number of benzene rings is 3. The maximum atomic E-state index is 14.2. The number of nitrogens with zero attached hydrogens (tertiary/aromatic N) is 8. The van der Waals surface area contributed by atoms with Crippen molar-refractivity contribution in [3.63, 3.8) is 0 Å². The Morgan fingerprint density at radius 2 is 1.59 bits per heavy atom. The Balaban J connectivity index is 0.729. The predicted molar refractivity (Wildman–Crippen MR) is 293 cm³/mol. The molecule has 17 nitrogen and oxygen atoms in total. The number of fused-ring (bicyclic) bond motifs is 2. The van der Waals surface area contributed by atoms with Crippen LogP contribution in [0.3, 0.4) is 0 Å². The van der Waals surface area contributed by atoms with E-state index in [0.29, 0.717) is 35.2 Å². The van der Waals surface area contributed by atoms with Crippen molar-refractivity contribution in [2.75, 3.05) is 80.5 Å². The van der Waals surface area contributed by atoms with Crippen LogP contribution >= 0.6 is 11.3 Å². The fraction of sp³-hybridized carbons (Fsp3) is 0.482. The molecule has 3 aromatic carbocycles. The molecule has 18 heteroatoms. The highest BCUT2D eigenvalue weighted by molar-refractivity contribution is 7.13. The van der Waals surface area contributed by atoms with Crippen LogP contribution < -0.4 is 35.4 Å². The first kappa shape index (κ1) is 53.7. The number of amides is 4. The minimum atomic E-state index is -0.850. The normalized spacial score (nSPS) is 17.8. The summed E-state index contributed by atoms with van der Waals surface area (Å²) < 4.78 is 5.84. The summed E-state index contributed by atoms with van der Waals surface area (Å²) in [5.41, 5.74) is 8.00. The van der Waals surface area contributed by atoms with Gasteiger partial charge in [-0.2, -0.15) is 4.98 Å². The molecular weight excluding hydrogens is 955 g/mol. The molecule has 0 saturated carbocycles. The number of aromatic nitrogens is 3. The topological polar surface area (TPSA) is 189 Å². The number of unbranched alkanes of at least 4 members (excludes halogenated alkanes) is 5. The van der Waals surface area contributed by atoms with Crippen molar-refractivity contribution in [2.45, 2.75) is 110 Å². The van der Waals surface area contributed by atoms with E-state index in [0.717, 1.165) is 110 Å². The number of methoxy groups -OCH3 is 1. The SMILES string of the molecule is COc1cc(N2CCN(CCCCCCCCC(=O)N[C@H](C(=O)N3C[C@H](O)C[C@H]3C(=O)N[C@@H](C)c3ccc(-c4scnc4C)cc3)C(C)(C)C)CC2)ccc1Nc1ncc2c(n1)N(C)c1ccccc1C(=O)N2C. The van der Waals surface area contributed by atoms with Crippen molar-refractivity contribution >= 4 is 69.5 Å². The lowest BCUT2D eigenvalue weighted by molar-refractivity contribution is -0.144. The number of β-amino-alcohol motifs (C(OH)–C–C–N with tert-alkyl or cyclic N) is 1. The highest BCUT2D eigenvalue weighted by atomic mass is 32.1. The number of likely N-dealkylation sites (tertiary alicyclic amines) is 1. The van der Waals surface area contributed by atoms with E-state index in [1.54, 1.807) is 36.6 Å². The van der Waals surface area contributed by atoms with Crippen LogP contribution in [0.15, 0.2) is 78.4 Å². The summed E-state index contributed by atoms with van der Waals surface area (Å²) in [7, 11) is 5.30. The monoisotopic (exact) mass is 1030 g/mol. The molecule has 3 aliphatic rings. The van der Waals surface area contributed by atoms with Crippen molar-refractivity contribution in [1.82, 2.24) is 35.4 Å². The van der Waals surface area contributed by atoms with E-state index in [4.69, 9.17) is 9.72 Å². The van der Waals surface area contributed by atoms with E-state index in [-0.39, 0.29) is 42.6 Å². The number of rotatable bonds is 19. The lowest BCUT2D eigenvalue weighted by atomic mass is 9.85. The standard InChI is InChI=1S/C56H73N11O6S/c1-36(38-20-22-39(23-21-38)49-37(2)58-35-74-49)59-52(70)45-32-41(68)34-67(45)54(72)50(56(3,4)5)61-48(69)19-13-11-9-10-12-16-26-65-27-29-66(30-28-65)40-24-25-43(47(31-40)73-8)60-55-57-33-46-51(62-55)63(6)44-18-15-14-17-42(44)53(71)64(46)7/h14-15,17-18,20-25,31,33,35-36,41,45,50,68H,9-13,16,19,26-30,32,34H2,1-8H3,(H,59,70)(H,61,69)(H,57,60,62)/t36-,41+,45-,50+/m0/s1. The molecule has 5 aromatic rings. The smallest absolute Gasteiger partial charge is 0.260 e. The largest absolute Gasteiger partial charge is 0.494 e. The first-order valence-corrected chi connectivity index (χ1v) is 26.9. The van der Waals surface area contributed by atoms with E-state index < -0.39 is 23.6 Å². The Morgan fingerprint density at radius 3 is 2.30 bits per heavy atom. The van der Waals surface area contributed by atoms with Crippen LogP contribution in [0.25, 0.3) is 10.4 Å². The fourth-order valence-electron chi connectivity index (χ4n) is 10.2. The number of carbonyl (C=O) groups excluding carboxylic acids is 4. The summed E-state index contributed by atoms with van der Waals surface area (Å²) >= 11 is 1.59. The third-order valence-corrected chi connectivity index (χ3v) is 15.6. The number of piperazine rings is 1. The van der Waals surface area contributed by atoms with Gasteiger partial charge in [-0.05, 0) is 74.0 Å². The number of carbonyl (C=O) groups is 4. The molecule has 2 saturated heterocycles. The molecule has 0 aliphatic carbocycles. The van der Waals surface area contributed by atoms with Gasteiger partial charge in [0.1, 0.15) is 23.5 Å². The Bertz CT molecular complexity index is 2770. The molecule has 0 spiro atoms. The van der Waals surface area contributed by atoms with Gasteiger partial charge in [0.2, 0.25) is 23.7 Å². The predicted octanol–water partition coefficient (Wildman–Crippen LogP) is 8.24. The van der Waals surface area contributed by atoms with Gasteiger partial charge in [0.25, 0.3) is 5.91 Å². The average molecular weight is 1030 g/mol. The van der Waals surface area contributed by atoms with E-state index in [1.165, 1.54) is 4.90 Å². The Kier molecular flexibility index (Phi) is 17.2. The lowest BCUT2D eigenvalue weighted by Gasteiger charge is -2.36. The van der Waals surface area contributed by atoms with Gasteiger partial charge in [-0.15, -0.1) is 11.3 Å². The first-order valence-electron chi connectivity index (χ1n) is 26.0. The quantitative estimate of drug-likeness (QED) is 0.0580. The number of hydrogen-bond donors (Lipinski definition) is 4. The van der Waals surface area contributed by atoms with Gasteiger partial charge < -0.3 is 45.4 Å². The molecule has 4 N–H and O–H groups in total. The molecular formula is C56H73N11O6S. The van der Waals surface area contributed by atoms with Crippen LogP contribution in [0.4, 0.5) is 34.5 Å². The van der Waals surface area contributed by atoms with Crippen LogP contribution in [-0.4, -0.2) is 132 Å². The van der Waals surface area contributed by atoms with Crippen molar-refractivity contribution in [3.05, 3.63) is 95.3 Å². The summed E-state index contributed by atoms with van der Waals surface area (Å²) in [6, 6.07) is 19.7. The molecule has 2 fully saturated rings. The van der Waals surface area contributed by atoms with Gasteiger partial charge in [-0.1, -0.05) is 82.9 Å². The number of aliphatic hydroxyl groups excluding tert-OH is 1. The first-order chi connectivity index (χ1) is 35.5. The zero-order valence-electron chi connectivity index (χ0n) is 44.2. The minimum Gasteiger partial charge on any atom is -0.494 e. The number of para-hydroxylation sites is 1. The Morgan fingerprint density at radius 1 is 0.878 bits per heavy atom. The van der Waals surface area contributed by atoms with Crippen molar-refractivity contribution in [2.24, 2.45) is 5.41 Å². The summed E-state index contributed by atoms with van der Waals surface area (Å²) in [5.74, 6) is 0.711. The second-order valence-corrected chi connectivity index (χ2v) is 21.8. The number of nitrogens with one attached hydrogen (secondary N) is 3. The third kappa shape index (κ3) is 12.5. The van der Waals surface area contributed by atoms with Crippen molar-refractivity contribution in [1.29, 1.82) is 0 Å². The van der Waals surface area contributed by atoms with Gasteiger partial charge >= 0.3 is 0 Å². The van der Waals surface area contributed by atoms with Gasteiger partial charge in [-0.3, -0.25) is 24.1 Å². The molecule has 8 rings (SSSR count). The maximum Gasteiger partial charge on any atom is 0.260 e. The molecule has 5 heterocycles. The van der Waals surface area contributed by atoms with Crippen molar-refractivity contribution < 1.29 is 29.0 Å². The number of thiazole rings is 1. The van der Waals surface area contributed by atoms with Crippen molar-refractivity contribution in [3.8, 4) is 16.2 Å². The third-order valence-electron chi connectivity index (χ3n) is 14.6. The highest BCUT2D eigenvalue weighted by Gasteiger charge is 2.45. The van der Waals surface area contributed by atoms with Crippen LogP contribution in [0.2, 0.25) is 0 Å². The number of anilines is 6. The summed E-state index contributed by atoms with van der Waals surface area (Å²) in [5, 5.41) is 20.1. The van der Waals surface area contributed by atoms with E-state index in [9.17, 15) is 24.3 Å². The van der Waals surface area contributed by atoms with E-state index in [2.05, 4.69) is 47.9 Å². The minimum absolute atomic E-state index is 0.0328. The molecule has 74 heavy (non-hydrogen) atoms. The van der Waals surface area contributed by atoms with E-state index >= 15 is 0 Å². The summed E-state index contributed by atoms with van der Waals surface area (Å²) in [4.78, 5) is 79.1. The van der Waals surface area contributed by atoms with Crippen LogP contribution in [-0.2, 0) is 14.4 Å². The number of aryl methyl sites for hydroxylation is 1. The highest BCUT2D eigenvalue weighted by Crippen LogP contribution is 2.39. The fourth-order valence-corrected chi connectivity index (χ4v) is 11.0. The van der Waals surface area contributed by atoms with Gasteiger partial charge in [0, 0.05) is 71.4 Å². The second-order valence-electron chi connectivity index (χ2n) is 20.9. The Labute approximate surface area is 439 Å². The zero-order chi connectivity index (χ0) is 52.7. The van der Waals surface area contributed by atoms with E-state index in [1.807, 2.05) is 107 Å². The molecule has 4 amide bonds. The van der Waals surface area contributed by atoms with Crippen LogP contribution in [0, 0.1) is 12.3 Å². The number of aliphatic hydroxyl groups is 1. The van der Waals surface area contributed by atoms with Crippen LogP contribution in [0.1, 0.15) is 107 Å². The Hall–Kier alpha value is -6.63. The summed E-state index contributed by atoms with van der Waals surface area (Å²) in [6.45, 7) is 14.5. The summed E-state index contributed by atoms with van der Waals surface area (Å²) in [6.07, 6.45) is 7.32. The number of ether oxygens (including phenoxy) is 1. The average Bonchev–Trinajstić information content (AvgIpc) is 4.01. The molecule has 0 unspecified atom stereocenters. The zero-order valence-corrected chi connectivity index (χ0v) is 45.0. The maximum absolute atomic E-state index is 14.2. The number of hydrogen-bond acceptors (Lipinski definition) is 14. The molecule has 0 bridgehead atoms. The molecule has 394 valence electrons. The molecule has 4 atom stereocenters. The molecule has 3 aliphatic heterocycles. The lowest BCUT2D eigenvalue weighted by Crippen LogP contribution is -2.57. The van der Waals surface area contributed by atoms with Gasteiger partial charge in [0.05, 0.1) is 58.5 Å².